The molecular formula is C25H19FN4O2. The molecule has 1 unspecified atom stereocenters. The number of fused-ring (bicyclic) bond motifs is 1. The highest BCUT2D eigenvalue weighted by Crippen LogP contribution is 2.35. The lowest BCUT2D eigenvalue weighted by molar-refractivity contribution is 0.0710. The fourth-order valence-corrected chi connectivity index (χ4v) is 3.86. The highest BCUT2D eigenvalue weighted by molar-refractivity contribution is 6.05. The van der Waals surface area contributed by atoms with Gasteiger partial charge in [0, 0.05) is 24.4 Å². The number of aromatic nitrogens is 2. The topological polar surface area (TPSA) is 67.7 Å². The third-order valence-corrected chi connectivity index (χ3v) is 5.49. The molecule has 5 rings (SSSR count). The molecule has 1 atom stereocenters. The molecule has 4 aromatic rings. The van der Waals surface area contributed by atoms with Gasteiger partial charge in [-0.3, -0.25) is 14.8 Å². The van der Waals surface area contributed by atoms with Crippen molar-refractivity contribution in [2.75, 3.05) is 7.11 Å². The Morgan fingerprint density at radius 1 is 1.00 bits per heavy atom. The average molecular weight is 426 g/mol. The minimum Gasteiger partial charge on any atom is -0.497 e. The van der Waals surface area contributed by atoms with Crippen molar-refractivity contribution in [2.45, 2.75) is 12.5 Å². The molecule has 0 saturated heterocycles. The zero-order chi connectivity index (χ0) is 22.1. The lowest BCUT2D eigenvalue weighted by atomic mass is 9.97. The number of rotatable bonds is 4. The van der Waals surface area contributed by atoms with Gasteiger partial charge in [-0.05, 0) is 65.7 Å². The van der Waals surface area contributed by atoms with Crippen LogP contribution in [0.15, 0.2) is 84.2 Å². The molecule has 1 amide bonds. The maximum atomic E-state index is 13.8. The van der Waals surface area contributed by atoms with Crippen molar-refractivity contribution < 1.29 is 13.9 Å². The van der Waals surface area contributed by atoms with Crippen molar-refractivity contribution in [1.29, 1.82) is 0 Å². The molecule has 0 aliphatic carbocycles. The van der Waals surface area contributed by atoms with Gasteiger partial charge in [-0.15, -0.1) is 0 Å². The van der Waals surface area contributed by atoms with Crippen molar-refractivity contribution in [3.8, 4) is 5.75 Å². The highest BCUT2D eigenvalue weighted by Gasteiger charge is 2.34. The van der Waals surface area contributed by atoms with E-state index in [4.69, 9.17) is 4.74 Å². The molecule has 1 aromatic heterocycles. The van der Waals surface area contributed by atoms with Crippen molar-refractivity contribution in [3.63, 3.8) is 0 Å². The summed E-state index contributed by atoms with van der Waals surface area (Å²) in [7, 11) is 1.61. The third kappa shape index (κ3) is 3.69. The number of nitrogens with zero attached hydrogens (tertiary/aromatic N) is 4. The first-order valence-electron chi connectivity index (χ1n) is 10.1. The van der Waals surface area contributed by atoms with E-state index in [-0.39, 0.29) is 17.5 Å². The Hall–Kier alpha value is -4.13. The minimum absolute atomic E-state index is 0.246. The van der Waals surface area contributed by atoms with Gasteiger partial charge < -0.3 is 4.74 Å². The van der Waals surface area contributed by atoms with Gasteiger partial charge in [0.1, 0.15) is 11.6 Å². The number of hydrogen-bond acceptors (Lipinski definition) is 5. The Labute approximate surface area is 184 Å². The van der Waals surface area contributed by atoms with Crippen LogP contribution in [-0.4, -0.2) is 33.7 Å². The van der Waals surface area contributed by atoms with E-state index in [1.807, 2.05) is 42.5 Å². The Morgan fingerprint density at radius 3 is 2.53 bits per heavy atom. The second kappa shape index (κ2) is 8.19. The SMILES string of the molecule is COc1ccc(C2=NN(C(=O)c3cccc(F)c3)C(c3ccc4nccnc4c3)C2)cc1. The molecule has 3 aromatic carbocycles. The van der Waals surface area contributed by atoms with Crippen LogP contribution < -0.4 is 4.74 Å². The molecule has 158 valence electrons. The number of carbonyl (C=O) groups is 1. The van der Waals surface area contributed by atoms with Gasteiger partial charge in [0.2, 0.25) is 0 Å². The second-order valence-electron chi connectivity index (χ2n) is 7.46. The Kier molecular flexibility index (Phi) is 5.07. The van der Waals surface area contributed by atoms with E-state index < -0.39 is 5.82 Å². The molecule has 0 spiro atoms. The predicted octanol–water partition coefficient (Wildman–Crippen LogP) is 4.77. The first-order valence-corrected chi connectivity index (χ1v) is 10.1. The Balaban J connectivity index is 1.56. The highest BCUT2D eigenvalue weighted by atomic mass is 19.1. The number of hydrogen-bond donors (Lipinski definition) is 0. The van der Waals surface area contributed by atoms with E-state index in [2.05, 4.69) is 15.1 Å². The lowest BCUT2D eigenvalue weighted by Gasteiger charge is -2.22. The van der Waals surface area contributed by atoms with Gasteiger partial charge in [-0.1, -0.05) is 12.1 Å². The number of hydrazone groups is 1. The normalized spacial score (nSPS) is 15.6. The number of benzene rings is 3. The molecule has 32 heavy (non-hydrogen) atoms. The third-order valence-electron chi connectivity index (χ3n) is 5.49. The lowest BCUT2D eigenvalue weighted by Crippen LogP contribution is -2.27. The van der Waals surface area contributed by atoms with Crippen LogP contribution >= 0.6 is 0 Å². The van der Waals surface area contributed by atoms with Crippen molar-refractivity contribution >= 4 is 22.7 Å². The number of ether oxygens (including phenoxy) is 1. The van der Waals surface area contributed by atoms with Crippen molar-refractivity contribution in [1.82, 2.24) is 15.0 Å². The van der Waals surface area contributed by atoms with Crippen LogP contribution in [-0.2, 0) is 0 Å². The second-order valence-corrected chi connectivity index (χ2v) is 7.46. The van der Waals surface area contributed by atoms with Gasteiger partial charge in [-0.25, -0.2) is 9.40 Å². The van der Waals surface area contributed by atoms with Gasteiger partial charge in [0.05, 0.1) is 29.9 Å². The first kappa shape index (κ1) is 19.8. The maximum Gasteiger partial charge on any atom is 0.274 e. The van der Waals surface area contributed by atoms with Crippen LogP contribution in [0, 0.1) is 5.82 Å². The molecule has 0 saturated carbocycles. The summed E-state index contributed by atoms with van der Waals surface area (Å²) in [5, 5.41) is 6.10. The Bertz CT molecular complexity index is 1340. The van der Waals surface area contributed by atoms with Crippen LogP contribution in [0.4, 0.5) is 4.39 Å². The van der Waals surface area contributed by atoms with Crippen LogP contribution in [0.5, 0.6) is 5.75 Å². The van der Waals surface area contributed by atoms with E-state index >= 15 is 0 Å². The average Bonchev–Trinajstić information content (AvgIpc) is 3.29. The molecule has 6 nitrogen and oxygen atoms in total. The molecule has 7 heteroatoms. The van der Waals surface area contributed by atoms with Gasteiger partial charge in [0.15, 0.2) is 0 Å². The molecule has 0 radical (unpaired) electrons. The van der Waals surface area contributed by atoms with Crippen molar-refractivity contribution in [3.05, 3.63) is 102 Å². The summed E-state index contributed by atoms with van der Waals surface area (Å²) in [6.45, 7) is 0. The molecule has 0 N–H and O–H groups in total. The molecule has 1 aliphatic heterocycles. The monoisotopic (exact) mass is 426 g/mol. The van der Waals surface area contributed by atoms with E-state index in [9.17, 15) is 9.18 Å². The van der Waals surface area contributed by atoms with Crippen molar-refractivity contribution in [2.24, 2.45) is 5.10 Å². The zero-order valence-corrected chi connectivity index (χ0v) is 17.3. The van der Waals surface area contributed by atoms with E-state index in [0.717, 1.165) is 33.6 Å². The van der Waals surface area contributed by atoms with Crippen LogP contribution in [0.2, 0.25) is 0 Å². The smallest absolute Gasteiger partial charge is 0.274 e. The van der Waals surface area contributed by atoms with Gasteiger partial charge in [-0.2, -0.15) is 5.10 Å². The van der Waals surface area contributed by atoms with E-state index in [1.54, 1.807) is 25.6 Å². The summed E-state index contributed by atoms with van der Waals surface area (Å²) in [6.07, 6.45) is 3.79. The molecular weight excluding hydrogens is 407 g/mol. The summed E-state index contributed by atoms with van der Waals surface area (Å²) in [6, 6.07) is 18.6. The summed E-state index contributed by atoms with van der Waals surface area (Å²) < 4.78 is 19.0. The fraction of sp³-hybridized carbons (Fsp3) is 0.120. The predicted molar refractivity (Wildman–Crippen MR) is 119 cm³/mol. The van der Waals surface area contributed by atoms with Gasteiger partial charge >= 0.3 is 0 Å². The van der Waals surface area contributed by atoms with Gasteiger partial charge in [0.25, 0.3) is 5.91 Å². The Morgan fingerprint density at radius 2 is 1.78 bits per heavy atom. The standard InChI is InChI=1S/C25H19FN4O2/c1-32-20-8-5-16(6-9-20)22-15-24(17-7-10-21-23(14-17)28-12-11-27-21)30(29-22)25(31)18-3-2-4-19(26)13-18/h2-14,24H,15H2,1H3. The van der Waals surface area contributed by atoms with E-state index in [1.165, 1.54) is 23.2 Å². The first-order chi connectivity index (χ1) is 15.6. The van der Waals surface area contributed by atoms with Crippen LogP contribution in [0.1, 0.15) is 33.9 Å². The largest absolute Gasteiger partial charge is 0.497 e. The van der Waals surface area contributed by atoms with Crippen LogP contribution in [0.3, 0.4) is 0 Å². The minimum atomic E-state index is -0.466. The fourth-order valence-electron chi connectivity index (χ4n) is 3.86. The molecule has 0 fully saturated rings. The molecule has 1 aliphatic rings. The van der Waals surface area contributed by atoms with E-state index in [0.29, 0.717) is 6.42 Å². The number of halogens is 1. The molecule has 2 heterocycles. The quantitative estimate of drug-likeness (QED) is 0.472. The number of carbonyl (C=O) groups excluding carboxylic acids is 1. The summed E-state index contributed by atoms with van der Waals surface area (Å²) >= 11 is 0. The summed E-state index contributed by atoms with van der Waals surface area (Å²) in [4.78, 5) is 22.0. The van der Waals surface area contributed by atoms with Crippen LogP contribution in [0.25, 0.3) is 11.0 Å². The number of methoxy groups -OCH3 is 1. The number of amides is 1. The summed E-state index contributed by atoms with van der Waals surface area (Å²) in [5.74, 6) is -0.0890. The summed E-state index contributed by atoms with van der Waals surface area (Å²) in [5.41, 5.74) is 4.30. The molecule has 0 bridgehead atoms. The maximum absolute atomic E-state index is 13.8. The zero-order valence-electron chi connectivity index (χ0n) is 17.3.